The van der Waals surface area contributed by atoms with Crippen molar-refractivity contribution in [3.8, 4) is 0 Å². The number of aromatic nitrogens is 2. The molecule has 1 aromatic heterocycles. The number of rotatable bonds is 8. The van der Waals surface area contributed by atoms with Crippen molar-refractivity contribution in [3.63, 3.8) is 0 Å². The van der Waals surface area contributed by atoms with Crippen molar-refractivity contribution in [2.75, 3.05) is 13.1 Å². The van der Waals surface area contributed by atoms with E-state index in [0.29, 0.717) is 31.3 Å². The van der Waals surface area contributed by atoms with E-state index in [0.717, 1.165) is 12.8 Å². The van der Waals surface area contributed by atoms with Gasteiger partial charge in [0.25, 0.3) is 10.0 Å². The summed E-state index contributed by atoms with van der Waals surface area (Å²) >= 11 is 0. The minimum absolute atomic E-state index is 0.131. The number of nitrogens with one attached hydrogen (secondary N) is 2. The van der Waals surface area contributed by atoms with Crippen LogP contribution in [0, 0.1) is 5.92 Å². The Morgan fingerprint density at radius 3 is 2.83 bits per heavy atom. The lowest BCUT2D eigenvalue weighted by molar-refractivity contribution is 0.513. The third-order valence-electron chi connectivity index (χ3n) is 2.80. The van der Waals surface area contributed by atoms with E-state index in [4.69, 9.17) is 5.73 Å². The molecular weight excluding hydrogens is 252 g/mol. The minimum atomic E-state index is -3.45. The van der Waals surface area contributed by atoms with Gasteiger partial charge in [0.2, 0.25) is 0 Å². The van der Waals surface area contributed by atoms with E-state index in [-0.39, 0.29) is 5.03 Å². The first-order valence-electron chi connectivity index (χ1n) is 6.23. The fourth-order valence-electron chi connectivity index (χ4n) is 1.51. The Morgan fingerprint density at radius 1 is 1.56 bits per heavy atom. The summed E-state index contributed by atoms with van der Waals surface area (Å²) in [5, 5.41) is 0.131. The van der Waals surface area contributed by atoms with Crippen LogP contribution in [0.15, 0.2) is 11.2 Å². The van der Waals surface area contributed by atoms with Gasteiger partial charge in [0.05, 0.1) is 6.20 Å². The Morgan fingerprint density at radius 2 is 2.28 bits per heavy atom. The number of H-pyrrole nitrogens is 1. The zero-order chi connectivity index (χ0) is 13.6. The second-order valence-corrected chi connectivity index (χ2v) is 6.16. The highest BCUT2D eigenvalue weighted by atomic mass is 32.2. The highest BCUT2D eigenvalue weighted by molar-refractivity contribution is 7.89. The monoisotopic (exact) mass is 274 g/mol. The Balaban J connectivity index is 2.45. The van der Waals surface area contributed by atoms with Gasteiger partial charge in [-0.25, -0.2) is 18.1 Å². The first-order valence-corrected chi connectivity index (χ1v) is 7.71. The van der Waals surface area contributed by atoms with E-state index in [9.17, 15) is 8.42 Å². The van der Waals surface area contributed by atoms with E-state index in [1.165, 1.54) is 6.20 Å². The number of aromatic amines is 1. The Hall–Kier alpha value is -0.920. The molecule has 0 saturated carbocycles. The van der Waals surface area contributed by atoms with Crippen LogP contribution >= 0.6 is 0 Å². The average molecular weight is 274 g/mol. The van der Waals surface area contributed by atoms with Gasteiger partial charge in [-0.3, -0.25) is 0 Å². The molecule has 104 valence electrons. The van der Waals surface area contributed by atoms with Gasteiger partial charge in [-0.15, -0.1) is 0 Å². The van der Waals surface area contributed by atoms with Gasteiger partial charge in [0, 0.05) is 13.0 Å². The summed E-state index contributed by atoms with van der Waals surface area (Å²) in [5.41, 5.74) is 5.50. The Kier molecular flexibility index (Phi) is 5.77. The largest absolute Gasteiger partial charge is 0.332 e. The molecule has 1 atom stereocenters. The fraction of sp³-hybridized carbons (Fsp3) is 0.727. The van der Waals surface area contributed by atoms with Gasteiger partial charge >= 0.3 is 0 Å². The highest BCUT2D eigenvalue weighted by Gasteiger charge is 2.16. The lowest BCUT2D eigenvalue weighted by Gasteiger charge is -2.08. The number of hydrogen-bond acceptors (Lipinski definition) is 4. The number of nitrogens with two attached hydrogens (primary N) is 1. The molecule has 0 aliphatic rings. The maximum atomic E-state index is 11.9. The molecule has 1 heterocycles. The standard InChI is InChI=1S/C11H22N4O2S/c1-3-10-13-8-11(15-10)18(16,17)14-6-4-5-9(2)7-12/h8-9,14H,3-7,12H2,1-2H3,(H,13,15). The maximum absolute atomic E-state index is 11.9. The fourth-order valence-corrected chi connectivity index (χ4v) is 2.52. The van der Waals surface area contributed by atoms with Crippen LogP contribution in [-0.4, -0.2) is 31.5 Å². The Bertz CT molecular complexity index is 455. The zero-order valence-corrected chi connectivity index (χ0v) is 11.8. The lowest BCUT2D eigenvalue weighted by atomic mass is 10.1. The molecule has 18 heavy (non-hydrogen) atoms. The first-order chi connectivity index (χ1) is 8.49. The molecule has 0 radical (unpaired) electrons. The van der Waals surface area contributed by atoms with E-state index < -0.39 is 10.0 Å². The predicted octanol–water partition coefficient (Wildman–Crippen LogP) is 0.625. The molecule has 1 rings (SSSR count). The number of imidazole rings is 1. The van der Waals surface area contributed by atoms with Gasteiger partial charge < -0.3 is 10.7 Å². The third-order valence-corrected chi connectivity index (χ3v) is 4.17. The summed E-state index contributed by atoms with van der Waals surface area (Å²) in [4.78, 5) is 6.76. The van der Waals surface area contributed by atoms with Crippen LogP contribution in [0.3, 0.4) is 0 Å². The molecule has 0 amide bonds. The normalized spacial score (nSPS) is 13.7. The number of nitrogens with zero attached hydrogens (tertiary/aromatic N) is 1. The maximum Gasteiger partial charge on any atom is 0.257 e. The van der Waals surface area contributed by atoms with Crippen LogP contribution in [-0.2, 0) is 16.4 Å². The lowest BCUT2D eigenvalue weighted by Crippen LogP contribution is -2.25. The molecule has 1 unspecified atom stereocenters. The van der Waals surface area contributed by atoms with Crippen molar-refractivity contribution in [2.24, 2.45) is 11.7 Å². The van der Waals surface area contributed by atoms with E-state index in [1.807, 2.05) is 6.92 Å². The summed E-state index contributed by atoms with van der Waals surface area (Å²) in [6.07, 6.45) is 3.74. The highest BCUT2D eigenvalue weighted by Crippen LogP contribution is 2.07. The van der Waals surface area contributed by atoms with Gasteiger partial charge in [-0.05, 0) is 25.3 Å². The van der Waals surface area contributed by atoms with Crippen molar-refractivity contribution < 1.29 is 8.42 Å². The van der Waals surface area contributed by atoms with Crippen LogP contribution in [0.4, 0.5) is 0 Å². The minimum Gasteiger partial charge on any atom is -0.332 e. The number of aryl methyl sites for hydroxylation is 1. The number of sulfonamides is 1. The van der Waals surface area contributed by atoms with Crippen LogP contribution in [0.5, 0.6) is 0 Å². The Labute approximate surface area is 108 Å². The molecule has 0 bridgehead atoms. The van der Waals surface area contributed by atoms with Crippen molar-refractivity contribution in [3.05, 3.63) is 12.0 Å². The van der Waals surface area contributed by atoms with Crippen LogP contribution in [0.2, 0.25) is 0 Å². The molecule has 0 spiro atoms. The third kappa shape index (κ3) is 4.40. The quantitative estimate of drug-likeness (QED) is 0.605. The first kappa shape index (κ1) is 15.1. The van der Waals surface area contributed by atoms with Crippen LogP contribution in [0.1, 0.15) is 32.5 Å². The second-order valence-electron chi connectivity index (χ2n) is 4.43. The van der Waals surface area contributed by atoms with Crippen molar-refractivity contribution in [2.45, 2.75) is 38.1 Å². The van der Waals surface area contributed by atoms with Gasteiger partial charge in [0.1, 0.15) is 5.82 Å². The van der Waals surface area contributed by atoms with Crippen LogP contribution in [0.25, 0.3) is 0 Å². The topological polar surface area (TPSA) is 101 Å². The number of hydrogen-bond donors (Lipinski definition) is 3. The van der Waals surface area contributed by atoms with Crippen LogP contribution < -0.4 is 10.5 Å². The summed E-state index contributed by atoms with van der Waals surface area (Å²) in [6, 6.07) is 0. The van der Waals surface area contributed by atoms with E-state index >= 15 is 0 Å². The second kappa shape index (κ2) is 6.86. The summed E-state index contributed by atoms with van der Waals surface area (Å²) < 4.78 is 26.3. The predicted molar refractivity (Wildman–Crippen MR) is 70.6 cm³/mol. The van der Waals surface area contributed by atoms with Gasteiger partial charge in [-0.1, -0.05) is 13.8 Å². The van der Waals surface area contributed by atoms with Gasteiger partial charge in [0.15, 0.2) is 5.03 Å². The summed E-state index contributed by atoms with van der Waals surface area (Å²) in [7, 11) is -3.45. The molecule has 0 aliphatic heterocycles. The molecule has 0 aliphatic carbocycles. The molecule has 4 N–H and O–H groups in total. The molecule has 7 heteroatoms. The van der Waals surface area contributed by atoms with E-state index in [1.54, 1.807) is 0 Å². The molecular formula is C11H22N4O2S. The summed E-state index contributed by atoms with van der Waals surface area (Å²) in [5.74, 6) is 1.10. The molecule has 0 fully saturated rings. The van der Waals surface area contributed by atoms with Crippen molar-refractivity contribution >= 4 is 10.0 Å². The molecule has 6 nitrogen and oxygen atoms in total. The molecule has 1 aromatic rings. The van der Waals surface area contributed by atoms with Gasteiger partial charge in [-0.2, -0.15) is 0 Å². The smallest absolute Gasteiger partial charge is 0.257 e. The van der Waals surface area contributed by atoms with Crippen molar-refractivity contribution in [1.29, 1.82) is 0 Å². The molecule has 0 aromatic carbocycles. The average Bonchev–Trinajstić information content (AvgIpc) is 2.83. The van der Waals surface area contributed by atoms with E-state index in [2.05, 4.69) is 21.6 Å². The molecule has 0 saturated heterocycles. The summed E-state index contributed by atoms with van der Waals surface area (Å²) in [6.45, 7) is 5.02. The SMILES string of the molecule is CCc1ncc(S(=O)(=O)NCCCC(C)CN)[nH]1. The zero-order valence-electron chi connectivity index (χ0n) is 10.9. The van der Waals surface area contributed by atoms with Crippen molar-refractivity contribution in [1.82, 2.24) is 14.7 Å².